The molecule has 0 unspecified atom stereocenters. The summed E-state index contributed by atoms with van der Waals surface area (Å²) in [6.07, 6.45) is 1.60. The zero-order valence-electron chi connectivity index (χ0n) is 9.26. The smallest absolute Gasteiger partial charge is 0.204 e. The number of nitrogens with zero attached hydrogens (tertiary/aromatic N) is 1. The summed E-state index contributed by atoms with van der Waals surface area (Å²) in [7, 11) is 0. The van der Waals surface area contributed by atoms with E-state index in [9.17, 15) is 4.79 Å². The first-order valence-electron chi connectivity index (χ1n) is 5.15. The summed E-state index contributed by atoms with van der Waals surface area (Å²) in [6, 6.07) is 11.1. The van der Waals surface area contributed by atoms with Crippen molar-refractivity contribution in [2.45, 2.75) is 0 Å². The highest BCUT2D eigenvalue weighted by Crippen LogP contribution is 2.16. The number of nitriles is 1. The van der Waals surface area contributed by atoms with Crippen LogP contribution < -0.4 is 0 Å². The number of hydrogen-bond donors (Lipinski definition) is 0. The molecule has 2 nitrogen and oxygen atoms in total. The minimum atomic E-state index is -0.235. The van der Waals surface area contributed by atoms with Crippen molar-refractivity contribution in [3.05, 3.63) is 62.3 Å². The third kappa shape index (κ3) is 2.95. The fraction of sp³-hybridized carbons (Fsp3) is 0. The van der Waals surface area contributed by atoms with E-state index >= 15 is 0 Å². The lowest BCUT2D eigenvalue weighted by Gasteiger charge is -1.97. The average Bonchev–Trinajstić information content (AvgIpc) is 2.91. The van der Waals surface area contributed by atoms with Crippen molar-refractivity contribution in [2.24, 2.45) is 0 Å². The van der Waals surface area contributed by atoms with Crippen molar-refractivity contribution in [3.63, 3.8) is 0 Å². The average molecular weight is 318 g/mol. The highest BCUT2D eigenvalue weighted by Gasteiger charge is 2.12. The van der Waals surface area contributed by atoms with Crippen LogP contribution in [0.4, 0.5) is 0 Å². The van der Waals surface area contributed by atoms with Crippen LogP contribution in [0.25, 0.3) is 6.08 Å². The van der Waals surface area contributed by atoms with Gasteiger partial charge in [-0.25, -0.2) is 0 Å². The van der Waals surface area contributed by atoms with Crippen LogP contribution in [0, 0.1) is 11.3 Å². The molecule has 0 aliphatic heterocycles. The minimum absolute atomic E-state index is 0.149. The molecule has 0 radical (unpaired) electrons. The normalized spacial score (nSPS) is 11.0. The molecule has 0 atom stereocenters. The largest absolute Gasteiger partial charge is 0.288 e. The van der Waals surface area contributed by atoms with Gasteiger partial charge in [-0.15, -0.1) is 0 Å². The minimum Gasteiger partial charge on any atom is -0.288 e. The summed E-state index contributed by atoms with van der Waals surface area (Å²) in [5.41, 5.74) is 1.54. The molecule has 1 aromatic carbocycles. The Kier molecular flexibility index (Phi) is 4.08. The molecule has 0 fully saturated rings. The van der Waals surface area contributed by atoms with E-state index in [1.807, 2.05) is 35.7 Å². The van der Waals surface area contributed by atoms with E-state index in [1.54, 1.807) is 17.5 Å². The van der Waals surface area contributed by atoms with Gasteiger partial charge in [0.25, 0.3) is 0 Å². The highest BCUT2D eigenvalue weighted by molar-refractivity contribution is 9.10. The summed E-state index contributed by atoms with van der Waals surface area (Å²) in [5, 5.41) is 12.6. The highest BCUT2D eigenvalue weighted by atomic mass is 79.9. The van der Waals surface area contributed by atoms with Gasteiger partial charge < -0.3 is 0 Å². The second-order valence-electron chi connectivity index (χ2n) is 3.56. The van der Waals surface area contributed by atoms with Gasteiger partial charge in [0.1, 0.15) is 11.6 Å². The van der Waals surface area contributed by atoms with Crippen LogP contribution in [0.5, 0.6) is 0 Å². The zero-order valence-corrected chi connectivity index (χ0v) is 11.7. The van der Waals surface area contributed by atoms with Gasteiger partial charge in [0.2, 0.25) is 5.78 Å². The molecule has 0 aliphatic rings. The van der Waals surface area contributed by atoms with Gasteiger partial charge >= 0.3 is 0 Å². The molecule has 1 heterocycles. The maximum absolute atomic E-state index is 12.0. The van der Waals surface area contributed by atoms with E-state index in [0.717, 1.165) is 10.0 Å². The topological polar surface area (TPSA) is 40.9 Å². The van der Waals surface area contributed by atoms with Gasteiger partial charge in [-0.3, -0.25) is 4.79 Å². The molecule has 0 bridgehead atoms. The van der Waals surface area contributed by atoms with Crippen LogP contribution in [0.15, 0.2) is 51.1 Å². The second-order valence-corrected chi connectivity index (χ2v) is 5.26. The van der Waals surface area contributed by atoms with Crippen LogP contribution in [0.1, 0.15) is 15.9 Å². The van der Waals surface area contributed by atoms with Gasteiger partial charge in [-0.1, -0.05) is 28.1 Å². The standard InChI is InChI=1S/C14H8BrNOS/c15-13-3-1-10(2-4-13)7-12(8-16)14(17)11-5-6-18-9-11/h1-7,9H. The number of Topliss-reactive ketones (excluding diaryl/α,β-unsaturated/α-hetero) is 1. The third-order valence-electron chi connectivity index (χ3n) is 2.33. The second kappa shape index (κ2) is 5.76. The molecule has 2 aromatic rings. The number of benzene rings is 1. The van der Waals surface area contributed by atoms with E-state index in [0.29, 0.717) is 5.56 Å². The third-order valence-corrected chi connectivity index (χ3v) is 3.54. The van der Waals surface area contributed by atoms with Crippen molar-refractivity contribution < 1.29 is 4.79 Å². The number of ketones is 1. The summed E-state index contributed by atoms with van der Waals surface area (Å²) in [5.74, 6) is -0.235. The maximum Gasteiger partial charge on any atom is 0.204 e. The molecule has 18 heavy (non-hydrogen) atoms. The fourth-order valence-electron chi connectivity index (χ4n) is 1.42. The van der Waals surface area contributed by atoms with E-state index in [1.165, 1.54) is 11.3 Å². The molecular weight excluding hydrogens is 310 g/mol. The van der Waals surface area contributed by atoms with Crippen LogP contribution >= 0.6 is 27.3 Å². The molecule has 4 heteroatoms. The summed E-state index contributed by atoms with van der Waals surface area (Å²) >= 11 is 4.78. The van der Waals surface area contributed by atoms with Gasteiger partial charge in [-0.05, 0) is 35.2 Å². The lowest BCUT2D eigenvalue weighted by Crippen LogP contribution is -1.99. The zero-order chi connectivity index (χ0) is 13.0. The Labute approximate surface area is 117 Å². The number of allylic oxidation sites excluding steroid dienone is 1. The number of thiophene rings is 1. The number of halogens is 1. The van der Waals surface area contributed by atoms with Crippen LogP contribution in [-0.4, -0.2) is 5.78 Å². The van der Waals surface area contributed by atoms with Crippen LogP contribution in [0.3, 0.4) is 0 Å². The number of carbonyl (C=O) groups is 1. The van der Waals surface area contributed by atoms with E-state index < -0.39 is 0 Å². The first kappa shape index (κ1) is 12.7. The van der Waals surface area contributed by atoms with Gasteiger partial charge in [0.05, 0.1) is 0 Å². The molecule has 0 spiro atoms. The van der Waals surface area contributed by atoms with Crippen molar-refractivity contribution in [3.8, 4) is 6.07 Å². The first-order chi connectivity index (χ1) is 8.70. The first-order valence-corrected chi connectivity index (χ1v) is 6.88. The Balaban J connectivity index is 2.32. The van der Waals surface area contributed by atoms with Crippen molar-refractivity contribution >= 4 is 39.1 Å². The monoisotopic (exact) mass is 317 g/mol. The summed E-state index contributed by atoms with van der Waals surface area (Å²) in [4.78, 5) is 12.0. The summed E-state index contributed by atoms with van der Waals surface area (Å²) in [6.45, 7) is 0. The number of carbonyl (C=O) groups excluding carboxylic acids is 1. The van der Waals surface area contributed by atoms with Gasteiger partial charge in [-0.2, -0.15) is 16.6 Å². The predicted molar refractivity (Wildman–Crippen MR) is 76.4 cm³/mol. The van der Waals surface area contributed by atoms with Crippen LogP contribution in [0.2, 0.25) is 0 Å². The summed E-state index contributed by atoms with van der Waals surface area (Å²) < 4.78 is 0.960. The maximum atomic E-state index is 12.0. The molecule has 0 saturated heterocycles. The Morgan fingerprint density at radius 2 is 2.00 bits per heavy atom. The van der Waals surface area contributed by atoms with Crippen molar-refractivity contribution in [2.75, 3.05) is 0 Å². The van der Waals surface area contributed by atoms with Gasteiger partial charge in [0.15, 0.2) is 0 Å². The lowest BCUT2D eigenvalue weighted by molar-refractivity contribution is 0.104. The van der Waals surface area contributed by atoms with E-state index in [-0.39, 0.29) is 11.4 Å². The SMILES string of the molecule is N#CC(=Cc1ccc(Br)cc1)C(=O)c1ccsc1. The molecule has 0 amide bonds. The Morgan fingerprint density at radius 1 is 1.28 bits per heavy atom. The van der Waals surface area contributed by atoms with Crippen molar-refractivity contribution in [1.82, 2.24) is 0 Å². The molecule has 2 rings (SSSR count). The number of hydrogen-bond acceptors (Lipinski definition) is 3. The molecule has 88 valence electrons. The quantitative estimate of drug-likeness (QED) is 0.481. The molecule has 0 saturated carbocycles. The molecule has 0 N–H and O–H groups in total. The molecular formula is C14H8BrNOS. The Bertz CT molecular complexity index is 621. The lowest BCUT2D eigenvalue weighted by atomic mass is 10.0. The van der Waals surface area contributed by atoms with Crippen LogP contribution in [-0.2, 0) is 0 Å². The number of rotatable bonds is 3. The Hall–Kier alpha value is -1.70. The Morgan fingerprint density at radius 3 is 2.56 bits per heavy atom. The fourth-order valence-corrected chi connectivity index (χ4v) is 2.32. The molecule has 0 aliphatic carbocycles. The van der Waals surface area contributed by atoms with E-state index in [4.69, 9.17) is 5.26 Å². The molecule has 1 aromatic heterocycles. The van der Waals surface area contributed by atoms with Gasteiger partial charge in [0, 0.05) is 15.4 Å². The van der Waals surface area contributed by atoms with E-state index in [2.05, 4.69) is 15.9 Å². The predicted octanol–water partition coefficient (Wildman–Crippen LogP) is 4.30. The van der Waals surface area contributed by atoms with Crippen molar-refractivity contribution in [1.29, 1.82) is 5.26 Å².